The zero-order valence-electron chi connectivity index (χ0n) is 10.7. The molecule has 3 rings (SSSR count). The Hall–Kier alpha value is -0.810. The predicted octanol–water partition coefficient (Wildman–Crippen LogP) is 2.25. The molecule has 18 heavy (non-hydrogen) atoms. The molecule has 2 aliphatic rings. The highest BCUT2D eigenvalue weighted by Gasteiger charge is 2.40. The molecule has 0 saturated carbocycles. The smallest absolute Gasteiger partial charge is 0.223 e. The van der Waals surface area contributed by atoms with Gasteiger partial charge < -0.3 is 10.1 Å². The Balaban J connectivity index is 1.66. The Morgan fingerprint density at radius 1 is 1.56 bits per heavy atom. The van der Waals surface area contributed by atoms with Crippen LogP contribution in [0, 0.1) is 6.92 Å². The van der Waals surface area contributed by atoms with Gasteiger partial charge in [-0.25, -0.2) is 9.97 Å². The summed E-state index contributed by atoms with van der Waals surface area (Å²) in [6, 6.07) is 2.36. The van der Waals surface area contributed by atoms with Crippen molar-refractivity contribution in [1.82, 2.24) is 9.97 Å². The summed E-state index contributed by atoms with van der Waals surface area (Å²) >= 11 is 2.01. The first-order chi connectivity index (χ1) is 8.76. The Bertz CT molecular complexity index is 420. The van der Waals surface area contributed by atoms with Crippen molar-refractivity contribution in [1.29, 1.82) is 0 Å². The highest BCUT2D eigenvalue weighted by atomic mass is 32.2. The van der Waals surface area contributed by atoms with Crippen molar-refractivity contribution in [3.05, 3.63) is 18.0 Å². The number of anilines is 1. The summed E-state index contributed by atoms with van der Waals surface area (Å²) in [5.74, 6) is 3.12. The van der Waals surface area contributed by atoms with E-state index in [-0.39, 0.29) is 5.60 Å². The van der Waals surface area contributed by atoms with Crippen molar-refractivity contribution < 1.29 is 4.74 Å². The van der Waals surface area contributed by atoms with E-state index in [1.807, 2.05) is 30.9 Å². The number of thioether (sulfide) groups is 1. The maximum atomic E-state index is 6.02. The van der Waals surface area contributed by atoms with E-state index in [1.165, 1.54) is 12.2 Å². The molecule has 0 aromatic carbocycles. The maximum absolute atomic E-state index is 6.02. The van der Waals surface area contributed by atoms with Gasteiger partial charge in [-0.1, -0.05) is 0 Å². The third-order valence-corrected chi connectivity index (χ3v) is 4.91. The van der Waals surface area contributed by atoms with Gasteiger partial charge in [-0.15, -0.1) is 0 Å². The largest absolute Gasteiger partial charge is 0.374 e. The van der Waals surface area contributed by atoms with Crippen LogP contribution >= 0.6 is 11.8 Å². The van der Waals surface area contributed by atoms with Crippen LogP contribution in [0.2, 0.25) is 0 Å². The molecular formula is C13H19N3OS. The number of nitrogens with zero attached hydrogens (tertiary/aromatic N) is 2. The van der Waals surface area contributed by atoms with Crippen molar-refractivity contribution in [2.75, 3.05) is 23.4 Å². The molecule has 3 heterocycles. The van der Waals surface area contributed by atoms with E-state index in [9.17, 15) is 0 Å². The standard InChI is InChI=1S/C13H19N3OS/c1-10-2-5-14-12(15-10)16-11-3-6-17-13(8-11)4-7-18-9-13/h2,5,11H,3-4,6-9H2,1H3,(H,14,15,16)/t11-,13-/m1/s1. The molecule has 1 aromatic rings. The lowest BCUT2D eigenvalue weighted by Crippen LogP contribution is -2.44. The normalized spacial score (nSPS) is 31.7. The van der Waals surface area contributed by atoms with E-state index in [2.05, 4.69) is 15.3 Å². The maximum Gasteiger partial charge on any atom is 0.223 e. The molecule has 0 radical (unpaired) electrons. The number of ether oxygens (including phenoxy) is 1. The SMILES string of the molecule is Cc1ccnc(N[C@@H]2CCO[C@]3(CCSC3)C2)n1. The highest BCUT2D eigenvalue weighted by Crippen LogP contribution is 2.38. The summed E-state index contributed by atoms with van der Waals surface area (Å²) in [5, 5.41) is 3.46. The summed E-state index contributed by atoms with van der Waals surface area (Å²) in [6.45, 7) is 2.84. The van der Waals surface area contributed by atoms with Crippen molar-refractivity contribution >= 4 is 17.7 Å². The van der Waals surface area contributed by atoms with Gasteiger partial charge in [0.25, 0.3) is 0 Å². The van der Waals surface area contributed by atoms with Gasteiger partial charge in [0, 0.05) is 30.3 Å². The van der Waals surface area contributed by atoms with Gasteiger partial charge in [0.2, 0.25) is 5.95 Å². The third kappa shape index (κ3) is 2.62. The van der Waals surface area contributed by atoms with Gasteiger partial charge in [-0.3, -0.25) is 0 Å². The second kappa shape index (κ2) is 5.05. The number of aryl methyl sites for hydroxylation is 1. The summed E-state index contributed by atoms with van der Waals surface area (Å²) < 4.78 is 6.02. The molecule has 2 atom stereocenters. The molecular weight excluding hydrogens is 246 g/mol. The van der Waals surface area contributed by atoms with E-state index >= 15 is 0 Å². The minimum atomic E-state index is 0.115. The molecule has 5 heteroatoms. The van der Waals surface area contributed by atoms with Crippen LogP contribution in [0.4, 0.5) is 5.95 Å². The van der Waals surface area contributed by atoms with Crippen LogP contribution in [0.1, 0.15) is 25.0 Å². The zero-order chi connectivity index (χ0) is 12.4. The average molecular weight is 265 g/mol. The van der Waals surface area contributed by atoms with Gasteiger partial charge >= 0.3 is 0 Å². The van der Waals surface area contributed by atoms with Gasteiger partial charge in [-0.2, -0.15) is 11.8 Å². The van der Waals surface area contributed by atoms with Crippen LogP contribution in [0.5, 0.6) is 0 Å². The van der Waals surface area contributed by atoms with Crippen LogP contribution in [-0.2, 0) is 4.74 Å². The second-order valence-electron chi connectivity index (χ2n) is 5.19. The minimum absolute atomic E-state index is 0.115. The van der Waals surface area contributed by atoms with E-state index in [0.29, 0.717) is 6.04 Å². The molecule has 1 aromatic heterocycles. The topological polar surface area (TPSA) is 47.0 Å². The van der Waals surface area contributed by atoms with Crippen LogP contribution in [-0.4, -0.2) is 39.7 Å². The predicted molar refractivity (Wildman–Crippen MR) is 74.0 cm³/mol. The average Bonchev–Trinajstić information content (AvgIpc) is 2.77. The third-order valence-electron chi connectivity index (χ3n) is 3.69. The number of aromatic nitrogens is 2. The van der Waals surface area contributed by atoms with Crippen LogP contribution < -0.4 is 5.32 Å². The molecule has 0 bridgehead atoms. The molecule has 0 unspecified atom stereocenters. The van der Waals surface area contributed by atoms with Crippen molar-refractivity contribution in [2.24, 2.45) is 0 Å². The fraction of sp³-hybridized carbons (Fsp3) is 0.692. The molecule has 4 nitrogen and oxygen atoms in total. The first-order valence-corrected chi connectivity index (χ1v) is 7.69. The van der Waals surface area contributed by atoms with Gasteiger partial charge in [0.05, 0.1) is 5.60 Å². The van der Waals surface area contributed by atoms with Gasteiger partial charge in [-0.05, 0) is 38.0 Å². The summed E-state index contributed by atoms with van der Waals surface area (Å²) in [7, 11) is 0. The molecule has 0 aliphatic carbocycles. The Labute approximate surface area is 112 Å². The lowest BCUT2D eigenvalue weighted by Gasteiger charge is -2.38. The molecule has 2 saturated heterocycles. The minimum Gasteiger partial charge on any atom is -0.374 e. The number of hydrogen-bond acceptors (Lipinski definition) is 5. The molecule has 1 spiro atoms. The molecule has 2 fully saturated rings. The Kier molecular flexibility index (Phi) is 3.43. The highest BCUT2D eigenvalue weighted by molar-refractivity contribution is 7.99. The van der Waals surface area contributed by atoms with Gasteiger partial charge in [0.15, 0.2) is 0 Å². The van der Waals surface area contributed by atoms with E-state index < -0.39 is 0 Å². The fourth-order valence-electron chi connectivity index (χ4n) is 2.72. The second-order valence-corrected chi connectivity index (χ2v) is 6.29. The van der Waals surface area contributed by atoms with Gasteiger partial charge in [0.1, 0.15) is 0 Å². The van der Waals surface area contributed by atoms with E-state index in [1.54, 1.807) is 0 Å². The quantitative estimate of drug-likeness (QED) is 0.888. The zero-order valence-corrected chi connectivity index (χ0v) is 11.5. The number of nitrogens with one attached hydrogen (secondary N) is 1. The summed E-state index contributed by atoms with van der Waals surface area (Å²) in [6.07, 6.45) is 5.12. The molecule has 98 valence electrons. The van der Waals surface area contributed by atoms with Crippen molar-refractivity contribution in [3.8, 4) is 0 Å². The Morgan fingerprint density at radius 3 is 3.28 bits per heavy atom. The fourth-order valence-corrected chi connectivity index (χ4v) is 4.09. The molecule has 1 N–H and O–H groups in total. The van der Waals surface area contributed by atoms with Crippen LogP contribution in [0.3, 0.4) is 0 Å². The molecule has 0 amide bonds. The van der Waals surface area contributed by atoms with Crippen LogP contribution in [0.25, 0.3) is 0 Å². The number of rotatable bonds is 2. The number of hydrogen-bond donors (Lipinski definition) is 1. The lowest BCUT2D eigenvalue weighted by molar-refractivity contribution is -0.0628. The summed E-state index contributed by atoms with van der Waals surface area (Å²) in [5.41, 5.74) is 1.12. The lowest BCUT2D eigenvalue weighted by atomic mass is 9.90. The summed E-state index contributed by atoms with van der Waals surface area (Å²) in [4.78, 5) is 8.69. The van der Waals surface area contributed by atoms with Crippen LogP contribution in [0.15, 0.2) is 12.3 Å². The monoisotopic (exact) mass is 265 g/mol. The van der Waals surface area contributed by atoms with E-state index in [4.69, 9.17) is 4.74 Å². The van der Waals surface area contributed by atoms with Crippen molar-refractivity contribution in [3.63, 3.8) is 0 Å². The first kappa shape index (κ1) is 12.2. The first-order valence-electron chi connectivity index (χ1n) is 6.54. The van der Waals surface area contributed by atoms with E-state index in [0.717, 1.165) is 36.8 Å². The Morgan fingerprint density at radius 2 is 2.50 bits per heavy atom. The van der Waals surface area contributed by atoms with Crippen molar-refractivity contribution in [2.45, 2.75) is 37.8 Å². The molecule has 2 aliphatic heterocycles.